The van der Waals surface area contributed by atoms with Crippen LogP contribution in [0, 0.1) is 0 Å². The minimum atomic E-state index is 0.190. The van der Waals surface area contributed by atoms with Crippen molar-refractivity contribution in [3.63, 3.8) is 0 Å². The van der Waals surface area contributed by atoms with E-state index in [9.17, 15) is 0 Å². The maximum atomic E-state index is 6.19. The van der Waals surface area contributed by atoms with E-state index in [1.807, 2.05) is 6.20 Å². The molecule has 3 rings (SSSR count). The average molecular weight is 294 g/mol. The summed E-state index contributed by atoms with van der Waals surface area (Å²) >= 11 is 1.77. The van der Waals surface area contributed by atoms with E-state index in [0.29, 0.717) is 12.1 Å². The minimum Gasteiger partial charge on any atom is -0.375 e. The van der Waals surface area contributed by atoms with Crippen molar-refractivity contribution in [2.75, 3.05) is 6.61 Å². The lowest BCUT2D eigenvalue weighted by molar-refractivity contribution is -0.110. The third kappa shape index (κ3) is 3.23. The molecule has 1 aromatic heterocycles. The van der Waals surface area contributed by atoms with Crippen LogP contribution in [-0.2, 0) is 4.74 Å². The molecule has 20 heavy (non-hydrogen) atoms. The zero-order valence-corrected chi connectivity index (χ0v) is 13.3. The number of rotatable bonds is 4. The van der Waals surface area contributed by atoms with E-state index in [-0.39, 0.29) is 5.60 Å². The van der Waals surface area contributed by atoms with E-state index in [1.54, 1.807) is 11.3 Å². The van der Waals surface area contributed by atoms with Gasteiger partial charge >= 0.3 is 0 Å². The summed E-state index contributed by atoms with van der Waals surface area (Å²) in [5.41, 5.74) is 0.190. The summed E-state index contributed by atoms with van der Waals surface area (Å²) in [4.78, 5) is 4.48. The lowest BCUT2D eigenvalue weighted by Gasteiger charge is -2.44. The number of thiazole rings is 1. The van der Waals surface area contributed by atoms with Gasteiger partial charge in [0.1, 0.15) is 5.01 Å². The molecule has 0 radical (unpaired) electrons. The summed E-state index contributed by atoms with van der Waals surface area (Å²) in [5, 5.41) is 7.16. The van der Waals surface area contributed by atoms with Gasteiger partial charge < -0.3 is 10.1 Å². The smallest absolute Gasteiger partial charge is 0.109 e. The third-order valence-electron chi connectivity index (χ3n) is 4.85. The Hall–Kier alpha value is -0.450. The lowest BCUT2D eigenvalue weighted by atomic mass is 9.78. The van der Waals surface area contributed by atoms with Gasteiger partial charge in [-0.15, -0.1) is 11.3 Å². The Bertz CT molecular complexity index is 395. The van der Waals surface area contributed by atoms with Gasteiger partial charge in [-0.25, -0.2) is 4.98 Å². The van der Waals surface area contributed by atoms with Gasteiger partial charge in [-0.3, -0.25) is 0 Å². The van der Waals surface area contributed by atoms with Crippen molar-refractivity contribution in [2.45, 2.75) is 76.0 Å². The molecule has 1 aromatic rings. The van der Waals surface area contributed by atoms with E-state index in [0.717, 1.165) is 19.4 Å². The topological polar surface area (TPSA) is 34.1 Å². The molecule has 2 unspecified atom stereocenters. The molecule has 0 amide bonds. The van der Waals surface area contributed by atoms with Crippen molar-refractivity contribution < 1.29 is 4.74 Å². The number of ether oxygens (including phenoxy) is 1. The van der Waals surface area contributed by atoms with Gasteiger partial charge in [0, 0.05) is 24.2 Å². The van der Waals surface area contributed by atoms with Crippen LogP contribution in [0.1, 0.15) is 69.3 Å². The fourth-order valence-corrected chi connectivity index (χ4v) is 4.55. The Morgan fingerprint density at radius 1 is 1.45 bits per heavy atom. The number of hydrogen-bond donors (Lipinski definition) is 1. The summed E-state index contributed by atoms with van der Waals surface area (Å²) in [6, 6.07) is 1.01. The highest BCUT2D eigenvalue weighted by Crippen LogP contribution is 2.39. The molecule has 112 valence electrons. The molecule has 2 fully saturated rings. The highest BCUT2D eigenvalue weighted by Gasteiger charge is 2.38. The zero-order chi connectivity index (χ0) is 13.8. The molecule has 1 saturated carbocycles. The summed E-state index contributed by atoms with van der Waals surface area (Å²) in [6.07, 6.45) is 12.0. The van der Waals surface area contributed by atoms with Crippen LogP contribution in [0.15, 0.2) is 11.6 Å². The molecular weight excluding hydrogens is 268 g/mol. The van der Waals surface area contributed by atoms with E-state index in [4.69, 9.17) is 4.74 Å². The molecule has 1 aliphatic heterocycles. The molecule has 0 bridgehead atoms. The molecule has 3 nitrogen and oxygen atoms in total. The van der Waals surface area contributed by atoms with Crippen LogP contribution >= 0.6 is 11.3 Å². The number of aromatic nitrogens is 1. The molecule has 4 heteroatoms. The van der Waals surface area contributed by atoms with E-state index in [1.165, 1.54) is 43.5 Å². The number of nitrogens with one attached hydrogen (secondary N) is 1. The van der Waals surface area contributed by atoms with E-state index in [2.05, 4.69) is 22.6 Å². The van der Waals surface area contributed by atoms with Crippen molar-refractivity contribution in [1.29, 1.82) is 0 Å². The largest absolute Gasteiger partial charge is 0.375 e. The Labute approximate surface area is 126 Å². The molecular formula is C16H26N2OS. The number of hydrogen-bond acceptors (Lipinski definition) is 4. The van der Waals surface area contributed by atoms with Crippen LogP contribution in [0.4, 0.5) is 0 Å². The second kappa shape index (κ2) is 6.54. The summed E-state index contributed by atoms with van der Waals surface area (Å²) in [6.45, 7) is 3.17. The zero-order valence-electron chi connectivity index (χ0n) is 12.4. The van der Waals surface area contributed by atoms with Gasteiger partial charge in [0.05, 0.1) is 11.6 Å². The Balaban J connectivity index is 1.62. The van der Waals surface area contributed by atoms with E-state index >= 15 is 0 Å². The second-order valence-corrected chi connectivity index (χ2v) is 7.21. The van der Waals surface area contributed by atoms with Crippen molar-refractivity contribution in [3.8, 4) is 0 Å². The third-order valence-corrected chi connectivity index (χ3v) is 5.74. The standard InChI is InChI=1S/C16H26N2OS/c1-2-14(15-17-9-11-20-15)18-13-6-10-19-16(12-13)7-4-3-5-8-16/h9,11,13-14,18H,2-8,10,12H2,1H3. The predicted octanol–water partition coefficient (Wildman–Crippen LogP) is 4.07. The fraction of sp³-hybridized carbons (Fsp3) is 0.812. The first kappa shape index (κ1) is 14.5. The van der Waals surface area contributed by atoms with Crippen LogP contribution in [0.25, 0.3) is 0 Å². The van der Waals surface area contributed by atoms with Crippen molar-refractivity contribution in [3.05, 3.63) is 16.6 Å². The Morgan fingerprint density at radius 2 is 2.30 bits per heavy atom. The molecule has 1 aliphatic carbocycles. The summed E-state index contributed by atoms with van der Waals surface area (Å²) < 4.78 is 6.19. The Morgan fingerprint density at radius 3 is 3.00 bits per heavy atom. The second-order valence-electron chi connectivity index (χ2n) is 6.28. The minimum absolute atomic E-state index is 0.190. The first-order valence-corrected chi connectivity index (χ1v) is 8.99. The molecule has 1 saturated heterocycles. The Kier molecular flexibility index (Phi) is 4.74. The lowest BCUT2D eigenvalue weighted by Crippen LogP contribution is -2.48. The predicted molar refractivity (Wildman–Crippen MR) is 83.1 cm³/mol. The number of nitrogens with zero attached hydrogens (tertiary/aromatic N) is 1. The van der Waals surface area contributed by atoms with Crippen molar-refractivity contribution in [1.82, 2.24) is 10.3 Å². The van der Waals surface area contributed by atoms with Crippen molar-refractivity contribution >= 4 is 11.3 Å². The van der Waals surface area contributed by atoms with Crippen molar-refractivity contribution in [2.24, 2.45) is 0 Å². The molecule has 0 aromatic carbocycles. The quantitative estimate of drug-likeness (QED) is 0.909. The molecule has 2 heterocycles. The molecule has 1 spiro atoms. The molecule has 2 atom stereocenters. The van der Waals surface area contributed by atoms with Gasteiger partial charge in [-0.05, 0) is 32.1 Å². The van der Waals surface area contributed by atoms with Gasteiger partial charge in [-0.2, -0.15) is 0 Å². The molecule has 2 aliphatic rings. The summed E-state index contributed by atoms with van der Waals surface area (Å²) in [7, 11) is 0. The van der Waals surface area contributed by atoms with Crippen LogP contribution in [-0.4, -0.2) is 23.2 Å². The molecule has 1 N–H and O–H groups in total. The van der Waals surface area contributed by atoms with Crippen LogP contribution in [0.2, 0.25) is 0 Å². The monoisotopic (exact) mass is 294 g/mol. The van der Waals surface area contributed by atoms with Gasteiger partial charge in [0.25, 0.3) is 0 Å². The first-order chi connectivity index (χ1) is 9.81. The fourth-order valence-electron chi connectivity index (χ4n) is 3.77. The maximum absolute atomic E-state index is 6.19. The van der Waals surface area contributed by atoms with Gasteiger partial charge in [0.15, 0.2) is 0 Å². The van der Waals surface area contributed by atoms with Crippen LogP contribution in [0.5, 0.6) is 0 Å². The maximum Gasteiger partial charge on any atom is 0.109 e. The van der Waals surface area contributed by atoms with Gasteiger partial charge in [-0.1, -0.05) is 26.2 Å². The van der Waals surface area contributed by atoms with Crippen LogP contribution < -0.4 is 5.32 Å². The van der Waals surface area contributed by atoms with Crippen LogP contribution in [0.3, 0.4) is 0 Å². The summed E-state index contributed by atoms with van der Waals surface area (Å²) in [5.74, 6) is 0. The van der Waals surface area contributed by atoms with E-state index < -0.39 is 0 Å². The average Bonchev–Trinajstić information content (AvgIpc) is 3.00. The first-order valence-electron chi connectivity index (χ1n) is 8.11. The highest BCUT2D eigenvalue weighted by atomic mass is 32.1. The van der Waals surface area contributed by atoms with Gasteiger partial charge in [0.2, 0.25) is 0 Å². The normalized spacial score (nSPS) is 27.6. The SMILES string of the molecule is CCC(NC1CCOC2(CCCCC2)C1)c1nccs1. The highest BCUT2D eigenvalue weighted by molar-refractivity contribution is 7.09.